The molecular weight excluding hydrogens is 212 g/mol. The van der Waals surface area contributed by atoms with Crippen molar-refractivity contribution in [2.24, 2.45) is 12.5 Å². The summed E-state index contributed by atoms with van der Waals surface area (Å²) in [7, 11) is 1.93. The van der Waals surface area contributed by atoms with E-state index in [1.165, 1.54) is 12.0 Å². The number of aromatic nitrogens is 2. The lowest BCUT2D eigenvalue weighted by Crippen LogP contribution is -2.39. The molecule has 17 heavy (non-hydrogen) atoms. The van der Waals surface area contributed by atoms with Crippen molar-refractivity contribution < 1.29 is 5.11 Å². The first kappa shape index (κ1) is 12.6. The van der Waals surface area contributed by atoms with Crippen molar-refractivity contribution in [3.05, 3.63) is 18.0 Å². The monoisotopic (exact) mass is 236 g/mol. The van der Waals surface area contributed by atoms with Gasteiger partial charge < -0.3 is 5.11 Å². The lowest BCUT2D eigenvalue weighted by atomic mass is 9.68. The number of hydrogen-bond donors (Lipinski definition) is 1. The molecule has 96 valence electrons. The van der Waals surface area contributed by atoms with Gasteiger partial charge in [0, 0.05) is 13.2 Å². The van der Waals surface area contributed by atoms with Gasteiger partial charge in [-0.2, -0.15) is 5.10 Å². The molecule has 1 atom stereocenters. The molecule has 1 N–H and O–H groups in total. The van der Waals surface area contributed by atoms with Crippen molar-refractivity contribution in [1.29, 1.82) is 0 Å². The smallest absolute Gasteiger partial charge is 0.0656 e. The van der Waals surface area contributed by atoms with Gasteiger partial charge in [-0.25, -0.2) is 0 Å². The molecule has 2 rings (SSSR count). The van der Waals surface area contributed by atoms with E-state index >= 15 is 0 Å². The van der Waals surface area contributed by atoms with Gasteiger partial charge in [-0.1, -0.05) is 20.3 Å². The number of aryl methyl sites for hydroxylation is 2. The van der Waals surface area contributed by atoms with Crippen LogP contribution in [0.2, 0.25) is 0 Å². The molecule has 0 radical (unpaired) electrons. The fraction of sp³-hybridized carbons (Fsp3) is 0.786. The van der Waals surface area contributed by atoms with Gasteiger partial charge in [0.25, 0.3) is 0 Å². The summed E-state index contributed by atoms with van der Waals surface area (Å²) in [6, 6.07) is 0. The Bertz CT molecular complexity index is 383. The van der Waals surface area contributed by atoms with Crippen molar-refractivity contribution in [2.75, 3.05) is 0 Å². The zero-order valence-electron chi connectivity index (χ0n) is 11.2. The number of nitrogens with zero attached hydrogens (tertiary/aromatic N) is 2. The molecule has 1 aromatic rings. The number of rotatable bonds is 3. The summed E-state index contributed by atoms with van der Waals surface area (Å²) in [6.07, 6.45) is 10.0. The highest BCUT2D eigenvalue weighted by Gasteiger charge is 2.37. The van der Waals surface area contributed by atoms with Crippen LogP contribution in [0.1, 0.15) is 51.5 Å². The zero-order chi connectivity index (χ0) is 12.5. The summed E-state index contributed by atoms with van der Waals surface area (Å²) in [6.45, 7) is 4.53. The van der Waals surface area contributed by atoms with Gasteiger partial charge in [-0.05, 0) is 43.1 Å². The Morgan fingerprint density at radius 3 is 2.76 bits per heavy atom. The number of hydrogen-bond acceptors (Lipinski definition) is 2. The summed E-state index contributed by atoms with van der Waals surface area (Å²) in [5, 5.41) is 14.8. The minimum absolute atomic E-state index is 0.294. The SMILES string of the molecule is Cn1cc(CCC2(O)CCCC(C)(C)C2)cn1. The van der Waals surface area contributed by atoms with E-state index in [0.717, 1.165) is 32.1 Å². The van der Waals surface area contributed by atoms with Crippen LogP contribution in [0.4, 0.5) is 0 Å². The fourth-order valence-corrected chi connectivity index (χ4v) is 3.15. The van der Waals surface area contributed by atoms with Gasteiger partial charge in [-0.15, -0.1) is 0 Å². The van der Waals surface area contributed by atoms with E-state index in [4.69, 9.17) is 0 Å². The third-order valence-corrected chi connectivity index (χ3v) is 3.94. The molecular formula is C14H24N2O. The molecule has 3 heteroatoms. The molecule has 1 aliphatic carbocycles. The van der Waals surface area contributed by atoms with Crippen LogP contribution >= 0.6 is 0 Å². The van der Waals surface area contributed by atoms with Crippen molar-refractivity contribution in [1.82, 2.24) is 9.78 Å². The van der Waals surface area contributed by atoms with Crippen molar-refractivity contribution in [3.63, 3.8) is 0 Å². The van der Waals surface area contributed by atoms with Crippen LogP contribution in [0.15, 0.2) is 12.4 Å². The first-order chi connectivity index (χ1) is 7.89. The van der Waals surface area contributed by atoms with E-state index < -0.39 is 5.60 Å². The van der Waals surface area contributed by atoms with Gasteiger partial charge in [0.1, 0.15) is 0 Å². The second-order valence-corrected chi connectivity index (χ2v) is 6.44. The predicted molar refractivity (Wildman–Crippen MR) is 68.7 cm³/mol. The van der Waals surface area contributed by atoms with Crippen LogP contribution in [-0.2, 0) is 13.5 Å². The van der Waals surface area contributed by atoms with Crippen LogP contribution < -0.4 is 0 Å². The molecule has 3 nitrogen and oxygen atoms in total. The Hall–Kier alpha value is -0.830. The average Bonchev–Trinajstić information content (AvgIpc) is 2.60. The predicted octanol–water partition coefficient (Wildman–Crippen LogP) is 2.68. The quantitative estimate of drug-likeness (QED) is 0.876. The molecule has 0 amide bonds. The third-order valence-electron chi connectivity index (χ3n) is 3.94. The van der Waals surface area contributed by atoms with Crippen LogP contribution in [0.5, 0.6) is 0 Å². The molecule has 1 unspecified atom stereocenters. The molecule has 0 aliphatic heterocycles. The topological polar surface area (TPSA) is 38.0 Å². The second kappa shape index (κ2) is 4.45. The van der Waals surface area contributed by atoms with Gasteiger partial charge in [0.05, 0.1) is 11.8 Å². The molecule has 0 spiro atoms. The summed E-state index contributed by atoms with van der Waals surface area (Å²) < 4.78 is 1.82. The summed E-state index contributed by atoms with van der Waals surface area (Å²) in [4.78, 5) is 0. The van der Waals surface area contributed by atoms with Crippen LogP contribution in [-0.4, -0.2) is 20.5 Å². The zero-order valence-corrected chi connectivity index (χ0v) is 11.2. The van der Waals surface area contributed by atoms with Crippen molar-refractivity contribution in [3.8, 4) is 0 Å². The molecule has 1 fully saturated rings. The molecule has 0 saturated heterocycles. The van der Waals surface area contributed by atoms with E-state index in [9.17, 15) is 5.11 Å². The van der Waals surface area contributed by atoms with Gasteiger partial charge in [-0.3, -0.25) is 4.68 Å². The lowest BCUT2D eigenvalue weighted by Gasteiger charge is -2.41. The normalized spacial score (nSPS) is 28.2. The minimum atomic E-state index is -0.461. The van der Waals surface area contributed by atoms with Crippen molar-refractivity contribution in [2.45, 2.75) is 58.0 Å². The molecule has 1 aliphatic rings. The van der Waals surface area contributed by atoms with E-state index in [-0.39, 0.29) is 0 Å². The fourth-order valence-electron chi connectivity index (χ4n) is 3.15. The summed E-state index contributed by atoms with van der Waals surface area (Å²) in [5.74, 6) is 0. The first-order valence-corrected chi connectivity index (χ1v) is 6.59. The molecule has 1 aromatic heterocycles. The average molecular weight is 236 g/mol. The van der Waals surface area contributed by atoms with Crippen LogP contribution in [0.25, 0.3) is 0 Å². The second-order valence-electron chi connectivity index (χ2n) is 6.44. The standard InChI is InChI=1S/C14H24N2O/c1-13(2)6-4-7-14(17,11-13)8-5-12-9-15-16(3)10-12/h9-10,17H,4-8,11H2,1-3H3. The maximum Gasteiger partial charge on any atom is 0.0656 e. The molecule has 1 saturated carbocycles. The summed E-state index contributed by atoms with van der Waals surface area (Å²) in [5.41, 5.74) is 1.06. The van der Waals surface area contributed by atoms with Gasteiger partial charge in [0.15, 0.2) is 0 Å². The van der Waals surface area contributed by atoms with E-state index in [1.54, 1.807) is 0 Å². The largest absolute Gasteiger partial charge is 0.390 e. The van der Waals surface area contributed by atoms with E-state index in [0.29, 0.717) is 5.41 Å². The van der Waals surface area contributed by atoms with E-state index in [2.05, 4.69) is 18.9 Å². The molecule has 0 bridgehead atoms. The Kier molecular flexibility index (Phi) is 3.30. The summed E-state index contributed by atoms with van der Waals surface area (Å²) >= 11 is 0. The number of aliphatic hydroxyl groups is 1. The highest BCUT2D eigenvalue weighted by Crippen LogP contribution is 2.42. The van der Waals surface area contributed by atoms with E-state index in [1.807, 2.05) is 24.1 Å². The Morgan fingerprint density at radius 1 is 1.41 bits per heavy atom. The first-order valence-electron chi connectivity index (χ1n) is 6.59. The third kappa shape index (κ3) is 3.32. The maximum absolute atomic E-state index is 10.6. The highest BCUT2D eigenvalue weighted by atomic mass is 16.3. The van der Waals surface area contributed by atoms with Gasteiger partial charge in [0.2, 0.25) is 0 Å². The lowest BCUT2D eigenvalue weighted by molar-refractivity contribution is -0.0446. The van der Waals surface area contributed by atoms with Gasteiger partial charge >= 0.3 is 0 Å². The minimum Gasteiger partial charge on any atom is -0.390 e. The Labute approximate surface area is 104 Å². The Balaban J connectivity index is 1.93. The Morgan fingerprint density at radius 2 is 2.18 bits per heavy atom. The van der Waals surface area contributed by atoms with Crippen LogP contribution in [0.3, 0.4) is 0 Å². The highest BCUT2D eigenvalue weighted by molar-refractivity contribution is 5.05. The van der Waals surface area contributed by atoms with Crippen LogP contribution in [0, 0.1) is 5.41 Å². The van der Waals surface area contributed by atoms with Crippen molar-refractivity contribution >= 4 is 0 Å². The molecule has 0 aromatic carbocycles. The molecule has 1 heterocycles. The maximum atomic E-state index is 10.6.